The van der Waals surface area contributed by atoms with Crippen molar-refractivity contribution >= 4 is 27.4 Å². The summed E-state index contributed by atoms with van der Waals surface area (Å²) in [5.41, 5.74) is 7.74. The summed E-state index contributed by atoms with van der Waals surface area (Å²) in [5.74, 6) is 0.199. The highest BCUT2D eigenvalue weighted by molar-refractivity contribution is 7.18. The lowest BCUT2D eigenvalue weighted by Gasteiger charge is -1.99. The number of H-pyrrole nitrogens is 1. The molecule has 4 aromatic rings. The Balaban J connectivity index is 0.000000143. The fourth-order valence-electron chi connectivity index (χ4n) is 2.84. The molecular formula is C20H18F2N4S. The predicted octanol–water partition coefficient (Wildman–Crippen LogP) is 5.42. The Morgan fingerprint density at radius 3 is 2.59 bits per heavy atom. The second-order valence-corrected chi connectivity index (χ2v) is 7.77. The average Bonchev–Trinajstić information content (AvgIpc) is 3.19. The molecule has 5 rings (SSSR count). The van der Waals surface area contributed by atoms with E-state index >= 15 is 0 Å². The number of benzene rings is 1. The van der Waals surface area contributed by atoms with Crippen LogP contribution in [0.2, 0.25) is 0 Å². The minimum Gasteiger partial charge on any atom is -0.383 e. The molecule has 1 aromatic carbocycles. The molecule has 3 aromatic heterocycles. The number of nitrogens with two attached hydrogens (primary N) is 1. The van der Waals surface area contributed by atoms with Gasteiger partial charge in [-0.2, -0.15) is 0 Å². The largest absolute Gasteiger partial charge is 0.383 e. The molecule has 0 radical (unpaired) electrons. The van der Waals surface area contributed by atoms with Crippen LogP contribution in [0, 0.1) is 18.6 Å². The third kappa shape index (κ3) is 3.83. The molecular weight excluding hydrogens is 366 g/mol. The summed E-state index contributed by atoms with van der Waals surface area (Å²) in [4.78, 5) is 14.0. The van der Waals surface area contributed by atoms with Gasteiger partial charge >= 0.3 is 0 Å². The number of nitrogens with one attached hydrogen (secondary N) is 1. The first kappa shape index (κ1) is 17.6. The Labute approximate surface area is 159 Å². The van der Waals surface area contributed by atoms with E-state index in [0.717, 1.165) is 34.3 Å². The number of rotatable bonds is 2. The number of aromatic amines is 1. The lowest BCUT2D eigenvalue weighted by atomic mass is 10.1. The molecule has 138 valence electrons. The van der Waals surface area contributed by atoms with Crippen LogP contribution in [0.5, 0.6) is 0 Å². The van der Waals surface area contributed by atoms with Crippen LogP contribution in [0.15, 0.2) is 42.6 Å². The van der Waals surface area contributed by atoms with Crippen molar-refractivity contribution in [3.63, 3.8) is 0 Å². The minimum atomic E-state index is -0.755. The number of hydrogen-bond donors (Lipinski definition) is 2. The van der Waals surface area contributed by atoms with Gasteiger partial charge in [0.25, 0.3) is 0 Å². The Kier molecular flexibility index (Phi) is 4.61. The van der Waals surface area contributed by atoms with Crippen LogP contribution >= 0.6 is 11.3 Å². The SMILES string of the molecule is Cc1cc2c(N)nc(-c3ccc[nH]3)nc2s1.Fc1ccc(C2CC2)cc1F. The van der Waals surface area contributed by atoms with Gasteiger partial charge in [-0.25, -0.2) is 18.7 Å². The molecule has 0 saturated heterocycles. The fourth-order valence-corrected chi connectivity index (χ4v) is 3.72. The second kappa shape index (κ2) is 7.08. The molecule has 0 atom stereocenters. The first-order valence-electron chi connectivity index (χ1n) is 8.63. The summed E-state index contributed by atoms with van der Waals surface area (Å²) in [7, 11) is 0. The summed E-state index contributed by atoms with van der Waals surface area (Å²) in [6.45, 7) is 2.04. The average molecular weight is 384 g/mol. The van der Waals surface area contributed by atoms with Gasteiger partial charge in [-0.15, -0.1) is 11.3 Å². The van der Waals surface area contributed by atoms with E-state index in [4.69, 9.17) is 5.73 Å². The molecule has 3 heterocycles. The lowest BCUT2D eigenvalue weighted by Crippen LogP contribution is -1.95. The van der Waals surface area contributed by atoms with Crippen molar-refractivity contribution in [3.05, 3.63) is 64.7 Å². The van der Waals surface area contributed by atoms with Crippen LogP contribution in [0.4, 0.5) is 14.6 Å². The van der Waals surface area contributed by atoms with Crippen molar-refractivity contribution < 1.29 is 8.78 Å². The molecule has 0 spiro atoms. The molecule has 3 N–H and O–H groups in total. The smallest absolute Gasteiger partial charge is 0.179 e. The highest BCUT2D eigenvalue weighted by Crippen LogP contribution is 2.40. The van der Waals surface area contributed by atoms with Crippen LogP contribution in [-0.4, -0.2) is 15.0 Å². The van der Waals surface area contributed by atoms with Gasteiger partial charge in [-0.3, -0.25) is 0 Å². The number of fused-ring (bicyclic) bond motifs is 1. The Morgan fingerprint density at radius 2 is 1.93 bits per heavy atom. The third-order valence-electron chi connectivity index (χ3n) is 4.38. The summed E-state index contributed by atoms with van der Waals surface area (Å²) in [6.07, 6.45) is 4.08. The topological polar surface area (TPSA) is 67.6 Å². The second-order valence-electron chi connectivity index (χ2n) is 6.54. The quantitative estimate of drug-likeness (QED) is 0.485. The van der Waals surface area contributed by atoms with E-state index in [1.54, 1.807) is 17.4 Å². The van der Waals surface area contributed by atoms with E-state index < -0.39 is 11.6 Å². The van der Waals surface area contributed by atoms with Crippen molar-refractivity contribution in [2.24, 2.45) is 0 Å². The van der Waals surface area contributed by atoms with Gasteiger partial charge in [0.1, 0.15) is 10.6 Å². The number of aryl methyl sites for hydroxylation is 1. The molecule has 4 nitrogen and oxygen atoms in total. The zero-order valence-corrected chi connectivity index (χ0v) is 15.5. The molecule has 27 heavy (non-hydrogen) atoms. The van der Waals surface area contributed by atoms with Gasteiger partial charge in [0.15, 0.2) is 17.5 Å². The predicted molar refractivity (Wildman–Crippen MR) is 105 cm³/mol. The van der Waals surface area contributed by atoms with Gasteiger partial charge in [-0.05, 0) is 61.6 Å². The summed E-state index contributed by atoms with van der Waals surface area (Å²) in [5, 5.41) is 0.942. The molecule has 7 heteroatoms. The number of nitrogen functional groups attached to an aromatic ring is 1. The lowest BCUT2D eigenvalue weighted by molar-refractivity contribution is 0.507. The van der Waals surface area contributed by atoms with E-state index in [2.05, 4.69) is 15.0 Å². The number of hydrogen-bond acceptors (Lipinski definition) is 4. The normalized spacial score (nSPS) is 13.4. The van der Waals surface area contributed by atoms with Crippen molar-refractivity contribution in [2.45, 2.75) is 25.7 Å². The molecule has 0 aliphatic heterocycles. The van der Waals surface area contributed by atoms with Crippen molar-refractivity contribution in [3.8, 4) is 11.5 Å². The first-order chi connectivity index (χ1) is 13.0. The Morgan fingerprint density at radius 1 is 1.11 bits per heavy atom. The summed E-state index contributed by atoms with van der Waals surface area (Å²) >= 11 is 1.63. The van der Waals surface area contributed by atoms with E-state index in [1.807, 2.05) is 31.3 Å². The molecule has 0 amide bonds. The van der Waals surface area contributed by atoms with Crippen LogP contribution in [0.1, 0.15) is 29.2 Å². The van der Waals surface area contributed by atoms with Crippen LogP contribution in [-0.2, 0) is 0 Å². The van der Waals surface area contributed by atoms with Gasteiger partial charge in [0, 0.05) is 11.1 Å². The maximum atomic E-state index is 12.6. The minimum absolute atomic E-state index is 0.491. The Hall–Kier alpha value is -2.80. The maximum absolute atomic E-state index is 12.6. The van der Waals surface area contributed by atoms with Gasteiger partial charge in [0.05, 0.1) is 11.1 Å². The zero-order valence-electron chi connectivity index (χ0n) is 14.7. The maximum Gasteiger partial charge on any atom is 0.179 e. The standard InChI is InChI=1S/C11H10N4S.C9H8F2/c1-6-5-7-9(12)14-10(15-11(7)16-6)8-3-2-4-13-8;10-8-4-3-7(5-9(8)11)6-1-2-6/h2-5,13H,1H3,(H2,12,14,15);3-6H,1-2H2. The summed E-state index contributed by atoms with van der Waals surface area (Å²) in [6, 6.07) is 10.0. The molecule has 0 bridgehead atoms. The fraction of sp³-hybridized carbons (Fsp3) is 0.200. The third-order valence-corrected chi connectivity index (χ3v) is 5.32. The van der Waals surface area contributed by atoms with Gasteiger partial charge in [0.2, 0.25) is 0 Å². The van der Waals surface area contributed by atoms with Crippen molar-refractivity contribution in [2.75, 3.05) is 5.73 Å². The number of anilines is 1. The molecule has 1 fully saturated rings. The molecule has 1 aliphatic carbocycles. The number of halogens is 2. The monoisotopic (exact) mass is 384 g/mol. The number of aromatic nitrogens is 3. The van der Waals surface area contributed by atoms with Crippen molar-refractivity contribution in [1.29, 1.82) is 0 Å². The first-order valence-corrected chi connectivity index (χ1v) is 9.45. The molecule has 1 aliphatic rings. The van der Waals surface area contributed by atoms with E-state index in [0.29, 0.717) is 17.6 Å². The van der Waals surface area contributed by atoms with E-state index in [-0.39, 0.29) is 0 Å². The van der Waals surface area contributed by atoms with Gasteiger partial charge in [-0.1, -0.05) is 6.07 Å². The van der Waals surface area contributed by atoms with Crippen molar-refractivity contribution in [1.82, 2.24) is 15.0 Å². The van der Waals surface area contributed by atoms with Gasteiger partial charge < -0.3 is 10.7 Å². The Bertz CT molecular complexity index is 1090. The highest BCUT2D eigenvalue weighted by Gasteiger charge is 2.24. The molecule has 1 saturated carbocycles. The van der Waals surface area contributed by atoms with Crippen LogP contribution in [0.3, 0.4) is 0 Å². The number of thiophene rings is 1. The summed E-state index contributed by atoms with van der Waals surface area (Å²) < 4.78 is 25.0. The number of nitrogens with zero attached hydrogens (tertiary/aromatic N) is 2. The van der Waals surface area contributed by atoms with Crippen LogP contribution < -0.4 is 5.73 Å². The van der Waals surface area contributed by atoms with E-state index in [1.165, 1.54) is 17.0 Å². The zero-order chi connectivity index (χ0) is 19.0. The van der Waals surface area contributed by atoms with E-state index in [9.17, 15) is 8.78 Å². The van der Waals surface area contributed by atoms with Crippen LogP contribution in [0.25, 0.3) is 21.7 Å². The highest BCUT2D eigenvalue weighted by atomic mass is 32.1. The molecule has 0 unspecified atom stereocenters.